The molecule has 1 N–H and O–H groups in total. The molecular formula is C25H22Br2N4O3. The molecular weight excluding hydrogens is 564 g/mol. The molecule has 34 heavy (non-hydrogen) atoms. The van der Waals surface area contributed by atoms with E-state index in [1.54, 1.807) is 18.0 Å². The number of benzene rings is 3. The van der Waals surface area contributed by atoms with Crippen LogP contribution in [0, 0.1) is 6.92 Å². The first kappa shape index (κ1) is 24.0. The molecule has 4 rings (SSSR count). The summed E-state index contributed by atoms with van der Waals surface area (Å²) >= 11 is 6.93. The van der Waals surface area contributed by atoms with Gasteiger partial charge in [-0.05, 0) is 89.9 Å². The van der Waals surface area contributed by atoms with Crippen LogP contribution in [-0.2, 0) is 4.79 Å². The van der Waals surface area contributed by atoms with E-state index < -0.39 is 0 Å². The fourth-order valence-electron chi connectivity index (χ4n) is 3.42. The molecule has 0 atom stereocenters. The van der Waals surface area contributed by atoms with Gasteiger partial charge in [0, 0.05) is 21.8 Å². The van der Waals surface area contributed by atoms with Crippen LogP contribution in [0.3, 0.4) is 0 Å². The van der Waals surface area contributed by atoms with Crippen molar-refractivity contribution in [3.8, 4) is 17.2 Å². The van der Waals surface area contributed by atoms with Crippen molar-refractivity contribution < 1.29 is 14.3 Å². The third kappa shape index (κ3) is 5.31. The molecule has 0 aliphatic rings. The molecule has 0 fully saturated rings. The van der Waals surface area contributed by atoms with Gasteiger partial charge >= 0.3 is 0 Å². The van der Waals surface area contributed by atoms with Crippen molar-refractivity contribution in [1.29, 1.82) is 0 Å². The number of amides is 1. The summed E-state index contributed by atoms with van der Waals surface area (Å²) in [4.78, 5) is 14.2. The summed E-state index contributed by atoms with van der Waals surface area (Å²) in [6.07, 6.45) is 3.18. The molecule has 0 saturated heterocycles. The number of anilines is 1. The summed E-state index contributed by atoms with van der Waals surface area (Å²) in [5.41, 5.74) is 4.56. The first-order chi connectivity index (χ1) is 16.4. The van der Waals surface area contributed by atoms with Gasteiger partial charge in [0.15, 0.2) is 0 Å². The second-order valence-electron chi connectivity index (χ2n) is 7.40. The number of ether oxygens (including phenoxy) is 2. The van der Waals surface area contributed by atoms with Crippen molar-refractivity contribution in [1.82, 2.24) is 15.0 Å². The molecule has 0 bridgehead atoms. The summed E-state index contributed by atoms with van der Waals surface area (Å²) < 4.78 is 12.6. The highest BCUT2D eigenvalue weighted by Gasteiger charge is 2.11. The second-order valence-corrected chi connectivity index (χ2v) is 9.17. The largest absolute Gasteiger partial charge is 0.495 e. The van der Waals surface area contributed by atoms with Crippen LogP contribution in [0.1, 0.15) is 18.1 Å². The van der Waals surface area contributed by atoms with Crippen molar-refractivity contribution in [2.45, 2.75) is 13.8 Å². The van der Waals surface area contributed by atoms with Gasteiger partial charge in [0.05, 0.1) is 23.9 Å². The van der Waals surface area contributed by atoms with Crippen molar-refractivity contribution in [2.24, 2.45) is 0 Å². The molecule has 174 valence electrons. The summed E-state index contributed by atoms with van der Waals surface area (Å²) in [5, 5.41) is 12.1. The maximum atomic E-state index is 12.6. The first-order valence-electron chi connectivity index (χ1n) is 10.5. The number of halogens is 2. The van der Waals surface area contributed by atoms with Gasteiger partial charge in [-0.15, -0.1) is 10.2 Å². The fraction of sp³-hybridized carbons (Fsp3) is 0.160. The smallest absolute Gasteiger partial charge is 0.248 e. The van der Waals surface area contributed by atoms with Crippen LogP contribution >= 0.6 is 31.9 Å². The minimum Gasteiger partial charge on any atom is -0.495 e. The quantitative estimate of drug-likeness (QED) is 0.257. The molecule has 0 saturated carbocycles. The van der Waals surface area contributed by atoms with Crippen molar-refractivity contribution in [3.63, 3.8) is 0 Å². The number of aryl methyl sites for hydroxylation is 1. The highest BCUT2D eigenvalue weighted by Crippen LogP contribution is 2.33. The maximum Gasteiger partial charge on any atom is 0.248 e. The fourth-order valence-corrected chi connectivity index (χ4v) is 4.84. The molecule has 0 radical (unpaired) electrons. The normalized spacial score (nSPS) is 11.2. The van der Waals surface area contributed by atoms with Crippen LogP contribution in [0.5, 0.6) is 11.5 Å². The third-order valence-electron chi connectivity index (χ3n) is 5.02. The molecule has 0 spiro atoms. The van der Waals surface area contributed by atoms with Crippen LogP contribution in [0.25, 0.3) is 22.8 Å². The summed E-state index contributed by atoms with van der Waals surface area (Å²) in [6, 6.07) is 15.1. The number of nitrogens with zero attached hydrogens (tertiary/aromatic N) is 3. The van der Waals surface area contributed by atoms with Crippen LogP contribution in [0.15, 0.2) is 63.6 Å². The molecule has 1 aromatic heterocycles. The summed E-state index contributed by atoms with van der Waals surface area (Å²) in [6.45, 7) is 4.48. The van der Waals surface area contributed by atoms with Crippen molar-refractivity contribution in [3.05, 3.63) is 74.7 Å². The monoisotopic (exact) mass is 584 g/mol. The predicted octanol–water partition coefficient (Wildman–Crippen LogP) is 6.31. The van der Waals surface area contributed by atoms with Crippen LogP contribution in [0.2, 0.25) is 0 Å². The molecule has 0 aliphatic heterocycles. The lowest BCUT2D eigenvalue weighted by Crippen LogP contribution is -2.09. The van der Waals surface area contributed by atoms with E-state index in [0.29, 0.717) is 23.6 Å². The lowest BCUT2D eigenvalue weighted by atomic mass is 10.1. The Kier molecular flexibility index (Phi) is 7.33. The standard InChI is InChI=1S/C25H22Br2N4O3/c1-4-34-19-8-6-18(7-9-19)31-29-22-11-15(2)21(14-23(22)30-31)28-24(32)10-5-16-12-17(26)13-20(27)25(16)33-3/h5-14H,4H2,1-3H3,(H,28,32)/b10-5+. The number of hydrogen-bond acceptors (Lipinski definition) is 5. The average Bonchev–Trinajstić information content (AvgIpc) is 3.21. The number of aromatic nitrogens is 3. The van der Waals surface area contributed by atoms with E-state index in [1.807, 2.05) is 62.4 Å². The van der Waals surface area contributed by atoms with E-state index in [9.17, 15) is 4.79 Å². The zero-order valence-electron chi connectivity index (χ0n) is 18.8. The minimum atomic E-state index is -0.264. The Morgan fingerprint density at radius 3 is 2.47 bits per heavy atom. The molecule has 0 aliphatic carbocycles. The number of methoxy groups -OCH3 is 1. The third-order valence-corrected chi connectivity index (χ3v) is 6.07. The summed E-state index contributed by atoms with van der Waals surface area (Å²) in [7, 11) is 1.59. The lowest BCUT2D eigenvalue weighted by molar-refractivity contribution is -0.111. The van der Waals surface area contributed by atoms with E-state index in [0.717, 1.165) is 37.0 Å². The number of fused-ring (bicyclic) bond motifs is 1. The van der Waals surface area contributed by atoms with Gasteiger partial charge in [-0.25, -0.2) is 0 Å². The number of nitrogens with one attached hydrogen (secondary N) is 1. The van der Waals surface area contributed by atoms with Crippen molar-refractivity contribution in [2.75, 3.05) is 19.0 Å². The highest BCUT2D eigenvalue weighted by molar-refractivity contribution is 9.11. The molecule has 0 unspecified atom stereocenters. The lowest BCUT2D eigenvalue weighted by Gasteiger charge is -2.09. The Labute approximate surface area is 214 Å². The Balaban J connectivity index is 1.55. The summed E-state index contributed by atoms with van der Waals surface area (Å²) in [5.74, 6) is 1.18. The molecule has 4 aromatic rings. The number of carbonyl (C=O) groups excluding carboxylic acids is 1. The average molecular weight is 586 g/mol. The predicted molar refractivity (Wildman–Crippen MR) is 141 cm³/mol. The first-order valence-corrected chi connectivity index (χ1v) is 12.1. The topological polar surface area (TPSA) is 78.3 Å². The minimum absolute atomic E-state index is 0.264. The van der Waals surface area contributed by atoms with Gasteiger partial charge in [-0.1, -0.05) is 15.9 Å². The molecule has 7 nitrogen and oxygen atoms in total. The van der Waals surface area contributed by atoms with E-state index >= 15 is 0 Å². The molecule has 1 heterocycles. The van der Waals surface area contributed by atoms with Crippen LogP contribution < -0.4 is 14.8 Å². The van der Waals surface area contributed by atoms with E-state index in [4.69, 9.17) is 9.47 Å². The van der Waals surface area contributed by atoms with Crippen molar-refractivity contribution >= 4 is 60.6 Å². The van der Waals surface area contributed by atoms with Crippen LogP contribution in [-0.4, -0.2) is 34.6 Å². The second kappa shape index (κ2) is 10.4. The maximum absolute atomic E-state index is 12.6. The number of carbonyl (C=O) groups is 1. The SMILES string of the molecule is CCOc1ccc(-n2nc3cc(C)c(NC(=O)/C=C/c4cc(Br)cc(Br)c4OC)cc3n2)cc1. The van der Waals surface area contributed by atoms with E-state index in [1.165, 1.54) is 6.08 Å². The zero-order valence-corrected chi connectivity index (χ0v) is 22.0. The van der Waals surface area contributed by atoms with Gasteiger partial charge in [-0.2, -0.15) is 4.80 Å². The molecule has 1 amide bonds. The molecule has 9 heteroatoms. The molecule has 3 aromatic carbocycles. The van der Waals surface area contributed by atoms with Crippen LogP contribution in [0.4, 0.5) is 5.69 Å². The zero-order chi connectivity index (χ0) is 24.2. The Bertz CT molecular complexity index is 1380. The van der Waals surface area contributed by atoms with Gasteiger partial charge in [-0.3, -0.25) is 4.79 Å². The van der Waals surface area contributed by atoms with E-state index in [2.05, 4.69) is 47.4 Å². The Hall–Kier alpha value is -3.17. The van der Waals surface area contributed by atoms with Gasteiger partial charge in [0.25, 0.3) is 0 Å². The van der Waals surface area contributed by atoms with Gasteiger partial charge in [0.2, 0.25) is 5.91 Å². The van der Waals surface area contributed by atoms with Gasteiger partial charge in [0.1, 0.15) is 22.5 Å². The Morgan fingerprint density at radius 2 is 1.79 bits per heavy atom. The van der Waals surface area contributed by atoms with Gasteiger partial charge < -0.3 is 14.8 Å². The Morgan fingerprint density at radius 1 is 1.09 bits per heavy atom. The highest BCUT2D eigenvalue weighted by atomic mass is 79.9. The number of rotatable bonds is 7. The number of hydrogen-bond donors (Lipinski definition) is 1. The van der Waals surface area contributed by atoms with E-state index in [-0.39, 0.29) is 5.91 Å².